The van der Waals surface area contributed by atoms with Gasteiger partial charge in [0.15, 0.2) is 0 Å². The number of aromatic amines is 2. The number of aromatic nitrogens is 7. The normalized spacial score (nSPS) is 14.3. The van der Waals surface area contributed by atoms with Crippen LogP contribution in [-0.2, 0) is 0 Å². The number of fused-ring (bicyclic) bond motifs is 2. The molecule has 2 N–H and O–H groups in total. The minimum Gasteiger partial charge on any atom is -0.242 e. The molecule has 9 heteroatoms. The zero-order valence-corrected chi connectivity index (χ0v) is 21.8. The molecule has 0 bridgehead atoms. The fraction of sp³-hybridized carbons (Fsp3) is 0.154. The molecule has 5 aromatic rings. The maximum atomic E-state index is 4.93. The van der Waals surface area contributed by atoms with Crippen molar-refractivity contribution in [3.63, 3.8) is 0 Å². The Morgan fingerprint density at radius 3 is 2.89 bits per heavy atom. The van der Waals surface area contributed by atoms with Crippen LogP contribution in [0.15, 0.2) is 69.0 Å². The zero-order valence-electron chi connectivity index (χ0n) is 19.6. The topological polar surface area (TPSA) is 91.3 Å². The molecule has 4 aromatic heterocycles. The molecule has 1 aromatic carbocycles. The number of pyridine rings is 1. The van der Waals surface area contributed by atoms with E-state index in [0.29, 0.717) is 5.82 Å². The third-order valence-electron chi connectivity index (χ3n) is 5.86. The summed E-state index contributed by atoms with van der Waals surface area (Å²) in [5, 5.41) is 8.83. The molecule has 0 atom stereocenters. The van der Waals surface area contributed by atoms with Crippen LogP contribution in [0.2, 0.25) is 0 Å². The number of nitrogens with zero attached hydrogens (tertiary/aromatic N) is 6. The Morgan fingerprint density at radius 1 is 1.14 bits per heavy atom. The summed E-state index contributed by atoms with van der Waals surface area (Å²) in [4.78, 5) is 19.3. The van der Waals surface area contributed by atoms with Crippen molar-refractivity contribution < 1.29 is 21.2 Å². The second-order valence-corrected chi connectivity index (χ2v) is 10.9. The Bertz CT molecular complexity index is 1650. The first-order chi connectivity index (χ1) is 17.0. The summed E-state index contributed by atoms with van der Waals surface area (Å²) in [5.74, 6) is 0.710. The van der Waals surface area contributed by atoms with Crippen LogP contribution in [0.3, 0.4) is 0 Å². The van der Waals surface area contributed by atoms with Gasteiger partial charge in [-0.3, -0.25) is 0 Å². The standard InChI is InChI=1S/C26H24IN8/c1-16-13-35(15-29-16)23-12-28-11-22-25(23)31-26(30-22)24-20-9-18(4-5-21(20)32-33-24)19-8-17(14-34(2)3)6-7-27-10-19/h4-13,15H,14H2,1-3H3,(H,30,31)(H,32,33)/q-1. The number of halogens is 1. The van der Waals surface area contributed by atoms with E-state index >= 15 is 0 Å². The molecular weight excluding hydrogens is 551 g/mol. The summed E-state index contributed by atoms with van der Waals surface area (Å²) in [5.41, 5.74) is 9.05. The SMILES string of the molecule is Cc1cn(-c2cncc3[nH]c(-c4n[nH]c5ccc(C6=C[I-]C=CC(CN(C)C)=C6)cc45)nc23)cn1. The Labute approximate surface area is 212 Å². The average Bonchev–Trinajstić information content (AvgIpc) is 3.53. The van der Waals surface area contributed by atoms with E-state index in [1.807, 2.05) is 23.9 Å². The minimum absolute atomic E-state index is 0.125. The molecule has 0 unspecified atom stereocenters. The molecule has 35 heavy (non-hydrogen) atoms. The van der Waals surface area contributed by atoms with Crippen LogP contribution < -0.4 is 21.2 Å². The van der Waals surface area contributed by atoms with Crippen LogP contribution in [0.25, 0.3) is 44.7 Å². The van der Waals surface area contributed by atoms with Gasteiger partial charge in [-0.2, -0.15) is 0 Å². The number of benzene rings is 1. The van der Waals surface area contributed by atoms with Gasteiger partial charge in [0.1, 0.15) is 0 Å². The monoisotopic (exact) mass is 575 g/mol. The predicted octanol–water partition coefficient (Wildman–Crippen LogP) is 1.44. The van der Waals surface area contributed by atoms with Crippen LogP contribution in [0, 0.1) is 6.92 Å². The fourth-order valence-electron chi connectivity index (χ4n) is 4.26. The molecule has 0 spiro atoms. The van der Waals surface area contributed by atoms with Crippen molar-refractivity contribution in [1.82, 2.24) is 39.6 Å². The van der Waals surface area contributed by atoms with Crippen LogP contribution >= 0.6 is 0 Å². The van der Waals surface area contributed by atoms with Crippen molar-refractivity contribution in [3.05, 3.63) is 80.3 Å². The van der Waals surface area contributed by atoms with E-state index in [2.05, 4.69) is 82.7 Å². The molecule has 0 saturated heterocycles. The van der Waals surface area contributed by atoms with E-state index in [-0.39, 0.29) is 21.2 Å². The van der Waals surface area contributed by atoms with Crippen molar-refractivity contribution >= 4 is 27.5 Å². The molecule has 1 aliphatic heterocycles. The van der Waals surface area contributed by atoms with Gasteiger partial charge in [0, 0.05) is 0 Å². The smallest absolute Gasteiger partial charge is 0.242 e. The molecule has 0 amide bonds. The van der Waals surface area contributed by atoms with E-state index in [4.69, 9.17) is 4.98 Å². The van der Waals surface area contributed by atoms with E-state index in [0.717, 1.165) is 45.6 Å². The van der Waals surface area contributed by atoms with Gasteiger partial charge in [0.25, 0.3) is 0 Å². The van der Waals surface area contributed by atoms with Crippen molar-refractivity contribution in [2.24, 2.45) is 0 Å². The first-order valence-corrected chi connectivity index (χ1v) is 13.7. The fourth-order valence-corrected chi connectivity index (χ4v) is 6.06. The molecule has 5 heterocycles. The van der Waals surface area contributed by atoms with Gasteiger partial charge < -0.3 is 0 Å². The number of rotatable bonds is 5. The second-order valence-electron chi connectivity index (χ2n) is 8.84. The Morgan fingerprint density at radius 2 is 2.06 bits per heavy atom. The molecular formula is C26H24IN8-. The molecule has 0 saturated carbocycles. The van der Waals surface area contributed by atoms with Gasteiger partial charge in [-0.15, -0.1) is 0 Å². The van der Waals surface area contributed by atoms with Crippen molar-refractivity contribution in [2.75, 3.05) is 20.6 Å². The Kier molecular flexibility index (Phi) is 5.57. The van der Waals surface area contributed by atoms with Crippen LogP contribution in [0.1, 0.15) is 11.3 Å². The van der Waals surface area contributed by atoms with Crippen LogP contribution in [0.5, 0.6) is 0 Å². The third kappa shape index (κ3) is 4.21. The van der Waals surface area contributed by atoms with Gasteiger partial charge in [0.05, 0.1) is 5.69 Å². The van der Waals surface area contributed by atoms with E-state index in [9.17, 15) is 0 Å². The zero-order chi connectivity index (χ0) is 23.9. The van der Waals surface area contributed by atoms with E-state index < -0.39 is 0 Å². The average molecular weight is 575 g/mol. The van der Waals surface area contributed by atoms with Crippen molar-refractivity contribution in [3.8, 4) is 17.2 Å². The predicted molar refractivity (Wildman–Crippen MR) is 135 cm³/mol. The quantitative estimate of drug-likeness (QED) is 0.310. The maximum absolute atomic E-state index is 4.93. The number of hydrogen-bond donors (Lipinski definition) is 2. The van der Waals surface area contributed by atoms with Crippen LogP contribution in [0.4, 0.5) is 0 Å². The number of allylic oxidation sites excluding steroid dienone is 2. The first-order valence-electron chi connectivity index (χ1n) is 11.2. The van der Waals surface area contributed by atoms with Crippen molar-refractivity contribution in [1.29, 1.82) is 0 Å². The van der Waals surface area contributed by atoms with E-state index in [1.54, 1.807) is 12.5 Å². The molecule has 8 nitrogen and oxygen atoms in total. The van der Waals surface area contributed by atoms with Gasteiger partial charge in [-0.1, -0.05) is 0 Å². The van der Waals surface area contributed by atoms with E-state index in [1.165, 1.54) is 16.7 Å². The number of hydrogen-bond acceptors (Lipinski definition) is 5. The number of aryl methyl sites for hydroxylation is 1. The van der Waals surface area contributed by atoms with Gasteiger partial charge in [-0.25, -0.2) is 4.98 Å². The summed E-state index contributed by atoms with van der Waals surface area (Å²) >= 11 is -0.125. The molecule has 0 radical (unpaired) electrons. The summed E-state index contributed by atoms with van der Waals surface area (Å²) in [6, 6.07) is 6.48. The van der Waals surface area contributed by atoms with Crippen LogP contribution in [-0.4, -0.2) is 60.2 Å². The number of nitrogens with one attached hydrogen (secondary N) is 2. The second kappa shape index (κ2) is 8.90. The Balaban J connectivity index is 1.43. The summed E-state index contributed by atoms with van der Waals surface area (Å²) in [6.45, 7) is 2.89. The molecule has 176 valence electrons. The number of H-pyrrole nitrogens is 2. The van der Waals surface area contributed by atoms with Gasteiger partial charge >= 0.3 is 196 Å². The number of likely N-dealkylation sites (N-methyl/N-ethyl adjacent to an activating group) is 1. The summed E-state index contributed by atoms with van der Waals surface area (Å²) in [6.07, 6.45) is 11.9. The molecule has 0 fully saturated rings. The van der Waals surface area contributed by atoms with Crippen molar-refractivity contribution in [2.45, 2.75) is 6.92 Å². The minimum atomic E-state index is -0.125. The Hall–Kier alpha value is -3.57. The molecule has 6 rings (SSSR count). The van der Waals surface area contributed by atoms with Gasteiger partial charge in [0.2, 0.25) is 0 Å². The molecule has 1 aliphatic rings. The molecule has 0 aliphatic carbocycles. The summed E-state index contributed by atoms with van der Waals surface area (Å²) in [7, 11) is 4.20. The summed E-state index contributed by atoms with van der Waals surface area (Å²) < 4.78 is 6.65. The number of imidazole rings is 2. The third-order valence-corrected chi connectivity index (χ3v) is 7.66. The first kappa shape index (κ1) is 21.9. The van der Waals surface area contributed by atoms with Gasteiger partial charge in [-0.05, 0) is 6.92 Å².